The predicted octanol–water partition coefficient (Wildman–Crippen LogP) is 11.2. The monoisotopic (exact) mass is 573 g/mol. The van der Waals surface area contributed by atoms with Crippen molar-refractivity contribution in [2.45, 2.75) is 0 Å². The molecule has 0 aliphatic rings. The summed E-state index contributed by atoms with van der Waals surface area (Å²) in [6.07, 6.45) is 0. The van der Waals surface area contributed by atoms with Gasteiger partial charge in [0.05, 0.1) is 39.9 Å². The number of fused-ring (bicyclic) bond motifs is 7. The minimum absolute atomic E-state index is 0.00150. The lowest BCUT2D eigenvalue weighted by molar-refractivity contribution is 1.17. The van der Waals surface area contributed by atoms with Crippen molar-refractivity contribution in [3.8, 4) is 33.6 Å². The highest BCUT2D eigenvalue weighted by atomic mass is 15.0. The number of aromatic nitrogens is 2. The van der Waals surface area contributed by atoms with E-state index in [2.05, 4.69) is 0 Å². The van der Waals surface area contributed by atoms with Crippen molar-refractivity contribution in [1.29, 1.82) is 0 Å². The summed E-state index contributed by atoms with van der Waals surface area (Å²) in [5.41, 5.74) is 2.91. The molecule has 0 fully saturated rings. The summed E-state index contributed by atoms with van der Waals surface area (Å²) in [7, 11) is 0. The molecule has 9 rings (SSSR count). The summed E-state index contributed by atoms with van der Waals surface area (Å²) in [4.78, 5) is 0. The molecule has 44 heavy (non-hydrogen) atoms. The summed E-state index contributed by atoms with van der Waals surface area (Å²) in [5, 5.41) is 0.110. The average Bonchev–Trinajstić information content (AvgIpc) is 3.75. The van der Waals surface area contributed by atoms with Crippen LogP contribution in [0.25, 0.3) is 77.2 Å². The third-order valence-corrected chi connectivity index (χ3v) is 7.96. The van der Waals surface area contributed by atoms with Crippen LogP contribution in [0.1, 0.15) is 17.8 Å². The van der Waals surface area contributed by atoms with Gasteiger partial charge < -0.3 is 9.13 Å². The molecule has 0 unspecified atom stereocenters. The van der Waals surface area contributed by atoms with Crippen LogP contribution >= 0.6 is 0 Å². The van der Waals surface area contributed by atoms with E-state index in [1.165, 1.54) is 21.3 Å². The van der Waals surface area contributed by atoms with E-state index < -0.39 is 54.4 Å². The van der Waals surface area contributed by atoms with Crippen molar-refractivity contribution < 1.29 is 17.8 Å². The van der Waals surface area contributed by atoms with Crippen LogP contribution in [0.4, 0.5) is 0 Å². The molecule has 0 atom stereocenters. The Hall–Kier alpha value is -5.86. The van der Waals surface area contributed by atoms with Gasteiger partial charge in [-0.1, -0.05) is 121 Å². The summed E-state index contributed by atoms with van der Waals surface area (Å²) >= 11 is 0. The number of hydrogen-bond acceptors (Lipinski definition) is 0. The molecule has 2 aromatic heterocycles. The van der Waals surface area contributed by atoms with Crippen LogP contribution in [0.2, 0.25) is 0 Å². The second-order valence-corrected chi connectivity index (χ2v) is 10.4. The summed E-state index contributed by atoms with van der Waals surface area (Å²) in [5.74, 6) is 0. The number of rotatable bonds is 4. The largest absolute Gasteiger partial charge is 0.309 e. The molecule has 0 aliphatic carbocycles. The van der Waals surface area contributed by atoms with E-state index in [0.717, 1.165) is 11.1 Å². The molecule has 0 saturated carbocycles. The standard InChI is InChI=1S/C42H28N2/c1-3-12-29(13-4-1)31-22-24-33(25-23-31)43-37-20-9-7-18-35(37)41-39(43)26-27-40-42(41)36-19-8-10-21-38(36)44(40)34-17-11-16-32(28-34)30-14-5-2-6-15-30/h1-28H/i1D,7D,8D,9D,10D,18D,19D,20D,21D,22D,23D,26D,27D. The number of benzene rings is 7. The van der Waals surface area contributed by atoms with Gasteiger partial charge >= 0.3 is 0 Å². The lowest BCUT2D eigenvalue weighted by Crippen LogP contribution is -1.95. The van der Waals surface area contributed by atoms with Gasteiger partial charge in [0.1, 0.15) is 0 Å². The first-order valence-corrected chi connectivity index (χ1v) is 14.0. The van der Waals surface area contributed by atoms with Crippen LogP contribution in [0.5, 0.6) is 0 Å². The van der Waals surface area contributed by atoms with Crippen molar-refractivity contribution in [2.75, 3.05) is 0 Å². The van der Waals surface area contributed by atoms with Gasteiger partial charge in [-0.25, -0.2) is 0 Å². The van der Waals surface area contributed by atoms with E-state index in [4.69, 9.17) is 9.60 Å². The Morgan fingerprint density at radius 3 is 1.57 bits per heavy atom. The maximum Gasteiger partial charge on any atom is 0.0646 e. The molecule has 0 amide bonds. The topological polar surface area (TPSA) is 9.86 Å². The first kappa shape index (κ1) is 15.0. The summed E-state index contributed by atoms with van der Waals surface area (Å²) in [6, 6.07) is 21.2. The zero-order valence-electron chi connectivity index (χ0n) is 36.1. The molecule has 0 saturated heterocycles. The first-order chi connectivity index (χ1) is 27.2. The fourth-order valence-electron chi connectivity index (χ4n) is 6.03. The van der Waals surface area contributed by atoms with Gasteiger partial charge in [0.25, 0.3) is 0 Å². The molecule has 0 bridgehead atoms. The quantitative estimate of drug-likeness (QED) is 0.198. The number of para-hydroxylation sites is 2. The van der Waals surface area contributed by atoms with E-state index >= 15 is 0 Å². The zero-order chi connectivity index (χ0) is 40.3. The normalized spacial score (nSPS) is 15.8. The molecule has 0 N–H and O–H groups in total. The van der Waals surface area contributed by atoms with Gasteiger partial charge in [0, 0.05) is 32.9 Å². The number of hydrogen-bond donors (Lipinski definition) is 0. The van der Waals surface area contributed by atoms with E-state index in [-0.39, 0.29) is 79.0 Å². The van der Waals surface area contributed by atoms with Crippen molar-refractivity contribution >= 4 is 43.6 Å². The van der Waals surface area contributed by atoms with Crippen molar-refractivity contribution in [3.63, 3.8) is 0 Å². The molecule has 0 aliphatic heterocycles. The molecule has 2 heteroatoms. The fraction of sp³-hybridized carbons (Fsp3) is 0. The molecule has 206 valence electrons. The molecule has 0 spiro atoms. The van der Waals surface area contributed by atoms with Gasteiger partial charge in [0.15, 0.2) is 0 Å². The Bertz CT molecular complexity index is 3180. The lowest BCUT2D eigenvalue weighted by Gasteiger charge is -2.11. The van der Waals surface area contributed by atoms with E-state index in [0.29, 0.717) is 11.3 Å². The van der Waals surface area contributed by atoms with Gasteiger partial charge in [-0.05, 0) is 70.7 Å². The molecular weight excluding hydrogens is 532 g/mol. The Kier molecular flexibility index (Phi) is 3.37. The summed E-state index contributed by atoms with van der Waals surface area (Å²) in [6.45, 7) is 0. The van der Waals surface area contributed by atoms with Crippen LogP contribution in [-0.2, 0) is 0 Å². The van der Waals surface area contributed by atoms with E-state index in [1.807, 2.05) is 42.5 Å². The fourth-order valence-corrected chi connectivity index (χ4v) is 6.03. The molecule has 9 aromatic rings. The Balaban J connectivity index is 1.52. The third kappa shape index (κ3) is 3.75. The van der Waals surface area contributed by atoms with Crippen LogP contribution in [0, 0.1) is 0 Å². The van der Waals surface area contributed by atoms with Gasteiger partial charge in [-0.3, -0.25) is 0 Å². The second-order valence-electron chi connectivity index (χ2n) is 10.4. The number of nitrogens with zero attached hydrogens (tertiary/aromatic N) is 2. The van der Waals surface area contributed by atoms with Crippen molar-refractivity contribution in [2.24, 2.45) is 0 Å². The third-order valence-electron chi connectivity index (χ3n) is 7.96. The summed E-state index contributed by atoms with van der Waals surface area (Å²) < 4.78 is 120. The van der Waals surface area contributed by atoms with Gasteiger partial charge in [-0.2, -0.15) is 0 Å². The minimum Gasteiger partial charge on any atom is -0.309 e. The molecule has 7 aromatic carbocycles. The van der Waals surface area contributed by atoms with Gasteiger partial charge in [0.2, 0.25) is 0 Å². The van der Waals surface area contributed by atoms with E-state index in [9.17, 15) is 8.22 Å². The average molecular weight is 574 g/mol. The van der Waals surface area contributed by atoms with E-state index in [1.54, 1.807) is 36.4 Å². The predicted molar refractivity (Wildman–Crippen MR) is 186 cm³/mol. The van der Waals surface area contributed by atoms with Crippen molar-refractivity contribution in [3.05, 3.63) is 170 Å². The second kappa shape index (κ2) is 9.86. The Labute approximate surface area is 273 Å². The highest BCUT2D eigenvalue weighted by Crippen LogP contribution is 2.42. The first-order valence-electron chi connectivity index (χ1n) is 20.5. The van der Waals surface area contributed by atoms with Crippen LogP contribution in [0.3, 0.4) is 0 Å². The highest BCUT2D eigenvalue weighted by Gasteiger charge is 2.20. The Morgan fingerprint density at radius 1 is 0.364 bits per heavy atom. The van der Waals surface area contributed by atoms with Crippen LogP contribution < -0.4 is 0 Å². The molecule has 2 nitrogen and oxygen atoms in total. The van der Waals surface area contributed by atoms with Gasteiger partial charge in [-0.15, -0.1) is 0 Å². The smallest absolute Gasteiger partial charge is 0.0646 e. The Morgan fingerprint density at radius 2 is 0.909 bits per heavy atom. The maximum atomic E-state index is 9.64. The molecule has 2 heterocycles. The van der Waals surface area contributed by atoms with Crippen LogP contribution in [0.15, 0.2) is 170 Å². The highest BCUT2D eigenvalue weighted by molar-refractivity contribution is 6.28. The molecular formula is C42H28N2. The zero-order valence-corrected chi connectivity index (χ0v) is 23.1. The molecule has 0 radical (unpaired) electrons. The van der Waals surface area contributed by atoms with Crippen LogP contribution in [-0.4, -0.2) is 9.13 Å². The van der Waals surface area contributed by atoms with Crippen molar-refractivity contribution in [1.82, 2.24) is 9.13 Å². The SMILES string of the molecule is [2H]c1ccc(-c2c([2H])cc(-n3c4c([2H])c([2H])c([2H])c([2H])c4c4c5c6c([2H])c([2H])c([2H])c([2H])c6n(-c6cccc(-c7ccccc7)c6)c5c([2H])c([2H])c43)cc2[2H])cc1. The minimum atomic E-state index is -0.572. The lowest BCUT2D eigenvalue weighted by atomic mass is 10.0. The maximum absolute atomic E-state index is 9.64.